The summed E-state index contributed by atoms with van der Waals surface area (Å²) in [5.74, 6) is -0.607. The summed E-state index contributed by atoms with van der Waals surface area (Å²) in [5, 5.41) is 0.483. The van der Waals surface area contributed by atoms with Gasteiger partial charge in [-0.3, -0.25) is 9.59 Å². The maximum Gasteiger partial charge on any atom is 0.337 e. The van der Waals surface area contributed by atoms with Gasteiger partial charge in [-0.1, -0.05) is 39.0 Å². The third-order valence-electron chi connectivity index (χ3n) is 6.85. The molecule has 1 aliphatic rings. The maximum absolute atomic E-state index is 13.7. The minimum atomic E-state index is -0.577. The van der Waals surface area contributed by atoms with Crippen LogP contribution in [-0.4, -0.2) is 55.0 Å². The Morgan fingerprint density at radius 1 is 1.06 bits per heavy atom. The summed E-state index contributed by atoms with van der Waals surface area (Å²) in [7, 11) is 1.33. The van der Waals surface area contributed by atoms with Crippen LogP contribution in [0.2, 0.25) is 0 Å². The minimum Gasteiger partial charge on any atom is -0.465 e. The van der Waals surface area contributed by atoms with Gasteiger partial charge >= 0.3 is 5.97 Å². The Morgan fingerprint density at radius 3 is 2.40 bits per heavy atom. The standard InChI is InChI=1S/C28H32N2O5/c1-5-18-9-14-22-21(17-18)25(31)23-24(19-10-12-20(13-11-19)28(33)34-4)30(27(32)26(23)35-22)16-8-15-29(6-2)7-3/h9-14,17,24H,5-8,15-16H2,1-4H3. The van der Waals surface area contributed by atoms with Crippen molar-refractivity contribution in [3.05, 3.63) is 80.7 Å². The quantitative estimate of drug-likeness (QED) is 0.426. The fourth-order valence-electron chi connectivity index (χ4n) is 4.79. The highest BCUT2D eigenvalue weighted by molar-refractivity contribution is 5.99. The molecule has 0 saturated heterocycles. The van der Waals surface area contributed by atoms with Gasteiger partial charge in [-0.05, 0) is 67.9 Å². The van der Waals surface area contributed by atoms with Crippen LogP contribution >= 0.6 is 0 Å². The molecule has 0 spiro atoms. The van der Waals surface area contributed by atoms with E-state index in [1.54, 1.807) is 35.2 Å². The molecule has 1 aromatic heterocycles. The van der Waals surface area contributed by atoms with E-state index in [0.717, 1.165) is 43.6 Å². The van der Waals surface area contributed by atoms with E-state index in [0.29, 0.717) is 28.6 Å². The van der Waals surface area contributed by atoms with Crippen molar-refractivity contribution < 1.29 is 18.7 Å². The number of esters is 1. The van der Waals surface area contributed by atoms with Crippen molar-refractivity contribution in [3.8, 4) is 0 Å². The molecule has 1 amide bonds. The second kappa shape index (κ2) is 10.4. The lowest BCUT2D eigenvalue weighted by Crippen LogP contribution is -2.33. The average Bonchev–Trinajstić information content (AvgIpc) is 3.17. The first-order valence-corrected chi connectivity index (χ1v) is 12.2. The van der Waals surface area contributed by atoms with Crippen molar-refractivity contribution >= 4 is 22.8 Å². The molecule has 35 heavy (non-hydrogen) atoms. The molecule has 4 rings (SSSR count). The van der Waals surface area contributed by atoms with E-state index in [2.05, 4.69) is 18.7 Å². The van der Waals surface area contributed by atoms with Crippen LogP contribution in [0.25, 0.3) is 11.0 Å². The van der Waals surface area contributed by atoms with E-state index in [1.807, 2.05) is 19.1 Å². The highest BCUT2D eigenvalue weighted by Crippen LogP contribution is 2.38. The first-order chi connectivity index (χ1) is 16.9. The molecule has 0 bridgehead atoms. The number of fused-ring (bicyclic) bond motifs is 2. The van der Waals surface area contributed by atoms with Gasteiger partial charge in [0.1, 0.15) is 5.58 Å². The van der Waals surface area contributed by atoms with Gasteiger partial charge in [0.25, 0.3) is 5.91 Å². The van der Waals surface area contributed by atoms with Crippen molar-refractivity contribution in [2.75, 3.05) is 33.3 Å². The van der Waals surface area contributed by atoms with Crippen LogP contribution in [0.4, 0.5) is 0 Å². The molecule has 184 valence electrons. The third-order valence-corrected chi connectivity index (χ3v) is 6.85. The van der Waals surface area contributed by atoms with Crippen LogP contribution in [-0.2, 0) is 11.2 Å². The highest BCUT2D eigenvalue weighted by Gasteiger charge is 2.42. The van der Waals surface area contributed by atoms with Crippen molar-refractivity contribution in [2.24, 2.45) is 0 Å². The summed E-state index contributed by atoms with van der Waals surface area (Å²) in [4.78, 5) is 43.2. The number of hydrogen-bond acceptors (Lipinski definition) is 6. The van der Waals surface area contributed by atoms with Gasteiger partial charge in [0.15, 0.2) is 5.43 Å². The molecule has 2 heterocycles. The van der Waals surface area contributed by atoms with Crippen LogP contribution in [0.1, 0.15) is 70.8 Å². The van der Waals surface area contributed by atoms with Gasteiger partial charge in [0.05, 0.1) is 29.7 Å². The van der Waals surface area contributed by atoms with Gasteiger partial charge in [0, 0.05) is 6.54 Å². The zero-order valence-electron chi connectivity index (χ0n) is 20.8. The summed E-state index contributed by atoms with van der Waals surface area (Å²) in [5.41, 5.74) is 2.80. The molecule has 0 radical (unpaired) electrons. The van der Waals surface area contributed by atoms with E-state index < -0.39 is 12.0 Å². The van der Waals surface area contributed by atoms with Crippen molar-refractivity contribution in [3.63, 3.8) is 0 Å². The van der Waals surface area contributed by atoms with Crippen LogP contribution in [0, 0.1) is 0 Å². The Morgan fingerprint density at radius 2 is 1.77 bits per heavy atom. The average molecular weight is 477 g/mol. The second-order valence-corrected chi connectivity index (χ2v) is 8.75. The number of aryl methyl sites for hydroxylation is 1. The first kappa shape index (κ1) is 24.7. The van der Waals surface area contributed by atoms with Crippen LogP contribution < -0.4 is 5.43 Å². The zero-order valence-corrected chi connectivity index (χ0v) is 20.8. The molecule has 0 saturated carbocycles. The summed E-state index contributed by atoms with van der Waals surface area (Å²) in [6.07, 6.45) is 1.56. The Labute approximate surface area is 205 Å². The Balaban J connectivity index is 1.80. The zero-order chi connectivity index (χ0) is 25.1. The van der Waals surface area contributed by atoms with E-state index in [-0.39, 0.29) is 17.1 Å². The number of carbonyl (C=O) groups excluding carboxylic acids is 2. The summed E-state index contributed by atoms with van der Waals surface area (Å²) in [6.45, 7) is 9.48. The van der Waals surface area contributed by atoms with Crippen LogP contribution in [0.5, 0.6) is 0 Å². The van der Waals surface area contributed by atoms with E-state index in [1.165, 1.54) is 7.11 Å². The molecule has 1 unspecified atom stereocenters. The van der Waals surface area contributed by atoms with Gasteiger partial charge in [-0.15, -0.1) is 0 Å². The van der Waals surface area contributed by atoms with Gasteiger partial charge in [-0.2, -0.15) is 0 Å². The first-order valence-electron chi connectivity index (χ1n) is 12.2. The predicted octanol–water partition coefficient (Wildman–Crippen LogP) is 4.42. The van der Waals surface area contributed by atoms with E-state index in [9.17, 15) is 14.4 Å². The molecule has 1 atom stereocenters. The highest BCUT2D eigenvalue weighted by atomic mass is 16.5. The number of ether oxygens (including phenoxy) is 1. The van der Waals surface area contributed by atoms with Crippen molar-refractivity contribution in [2.45, 2.75) is 39.7 Å². The van der Waals surface area contributed by atoms with Gasteiger partial charge < -0.3 is 19.0 Å². The lowest BCUT2D eigenvalue weighted by Gasteiger charge is -2.26. The lowest BCUT2D eigenvalue weighted by molar-refractivity contribution is 0.0599. The molecule has 0 aliphatic carbocycles. The number of hydrogen-bond donors (Lipinski definition) is 0. The molecular weight excluding hydrogens is 444 g/mol. The predicted molar refractivity (Wildman–Crippen MR) is 135 cm³/mol. The fraction of sp³-hybridized carbons (Fsp3) is 0.393. The number of rotatable bonds is 9. The van der Waals surface area contributed by atoms with E-state index >= 15 is 0 Å². The van der Waals surface area contributed by atoms with Crippen molar-refractivity contribution in [1.29, 1.82) is 0 Å². The smallest absolute Gasteiger partial charge is 0.337 e. The normalized spacial score (nSPS) is 15.2. The molecule has 0 fully saturated rings. The third kappa shape index (κ3) is 4.60. The van der Waals surface area contributed by atoms with Crippen molar-refractivity contribution in [1.82, 2.24) is 9.80 Å². The summed E-state index contributed by atoms with van der Waals surface area (Å²) in [6, 6.07) is 11.9. The molecule has 7 heteroatoms. The second-order valence-electron chi connectivity index (χ2n) is 8.75. The molecular formula is C28H32N2O5. The molecule has 7 nitrogen and oxygen atoms in total. The van der Waals surface area contributed by atoms with Gasteiger partial charge in [-0.25, -0.2) is 4.79 Å². The number of nitrogens with zero attached hydrogens (tertiary/aromatic N) is 2. The molecule has 2 aromatic carbocycles. The monoisotopic (exact) mass is 476 g/mol. The number of carbonyl (C=O) groups is 2. The Hall–Kier alpha value is -3.45. The minimum absolute atomic E-state index is 0.108. The number of amides is 1. The molecule has 1 aliphatic heterocycles. The lowest BCUT2D eigenvalue weighted by atomic mass is 9.97. The number of benzene rings is 2. The molecule has 3 aromatic rings. The van der Waals surface area contributed by atoms with Gasteiger partial charge in [0.2, 0.25) is 5.76 Å². The van der Waals surface area contributed by atoms with Crippen LogP contribution in [0.3, 0.4) is 0 Å². The Bertz CT molecular complexity index is 1290. The topological polar surface area (TPSA) is 80.1 Å². The summed E-state index contributed by atoms with van der Waals surface area (Å²) < 4.78 is 10.9. The Kier molecular flexibility index (Phi) is 7.36. The van der Waals surface area contributed by atoms with E-state index in [4.69, 9.17) is 9.15 Å². The molecule has 0 N–H and O–H groups in total. The maximum atomic E-state index is 13.7. The largest absolute Gasteiger partial charge is 0.465 e. The fourth-order valence-corrected chi connectivity index (χ4v) is 4.79. The summed E-state index contributed by atoms with van der Waals surface area (Å²) >= 11 is 0. The number of methoxy groups -OCH3 is 1. The van der Waals surface area contributed by atoms with Crippen LogP contribution in [0.15, 0.2) is 51.7 Å². The SMILES string of the molecule is CCc1ccc2oc3c(c(=O)c2c1)C(c1ccc(C(=O)OC)cc1)N(CCCN(CC)CC)C3=O.